The van der Waals surface area contributed by atoms with Crippen molar-refractivity contribution in [3.05, 3.63) is 208 Å². The zero-order chi connectivity index (χ0) is 41.9. The van der Waals surface area contributed by atoms with Gasteiger partial charge in [-0.2, -0.15) is 0 Å². The second-order valence-electron chi connectivity index (χ2n) is 14.1. The van der Waals surface area contributed by atoms with Crippen LogP contribution in [0.15, 0.2) is 175 Å². The third-order valence-electron chi connectivity index (χ3n) is 10.2. The third-order valence-corrected chi connectivity index (χ3v) is 11.1. The summed E-state index contributed by atoms with van der Waals surface area (Å²) in [7, 11) is -4.27. The van der Waals surface area contributed by atoms with E-state index in [0.717, 1.165) is 114 Å². The monoisotopic (exact) mass is 871 g/mol. The van der Waals surface area contributed by atoms with Gasteiger partial charge in [-0.15, -0.1) is 22.1 Å². The van der Waals surface area contributed by atoms with E-state index in [-0.39, 0.29) is 27.4 Å². The topological polar surface area (TPSA) is 154 Å². The Balaban J connectivity index is 0.000000327. The fourth-order valence-corrected chi connectivity index (χ4v) is 7.91. The number of rotatable bonds is 6. The molecule has 0 N–H and O–H groups in total. The first-order valence-electron chi connectivity index (χ1n) is 19.2. The van der Waals surface area contributed by atoms with E-state index >= 15 is 0 Å². The molecule has 2 aliphatic rings. The Morgan fingerprint density at radius 3 is 0.952 bits per heavy atom. The molecule has 0 aliphatic carbocycles. The molecule has 3 aromatic heterocycles. The van der Waals surface area contributed by atoms with Crippen molar-refractivity contribution in [2.24, 2.45) is 0 Å². The fraction of sp³-hybridized carbons (Fsp3) is 0. The maximum atomic E-state index is 10.5. The standard InChI is InChI=1S/C44H28N4.C6H4N2O4S.Co/c1-5-13-29(14-6-1)41-33-21-23-35(45-33)42(30-15-7-2-8-16-30)37-25-27-39(47-37)44(32-19-11-4-12-20-32)40-28-26-38(48-40)43(31-17-9-3-10-18-31)36-24-22-34(41)46-36;7-13(11,12)6-3-1-5(2-4-6)8(9)10;/h1-28H;1-4H;/q-2;-1;+3. The minimum atomic E-state index is -4.27. The summed E-state index contributed by atoms with van der Waals surface area (Å²) in [6, 6.07) is 53.9. The van der Waals surface area contributed by atoms with Gasteiger partial charge in [0.1, 0.15) is 0 Å². The molecule has 0 amide bonds. The van der Waals surface area contributed by atoms with Crippen molar-refractivity contribution in [2.45, 2.75) is 4.90 Å². The van der Waals surface area contributed by atoms with E-state index in [2.05, 4.69) is 146 Å². The van der Waals surface area contributed by atoms with Crippen molar-refractivity contribution in [3.63, 3.8) is 0 Å². The van der Waals surface area contributed by atoms with Crippen LogP contribution in [0.3, 0.4) is 0 Å². The van der Waals surface area contributed by atoms with Gasteiger partial charge in [0.25, 0.3) is 5.69 Å². The van der Waals surface area contributed by atoms with Gasteiger partial charge in [-0.3, -0.25) is 10.1 Å². The van der Waals surface area contributed by atoms with Gasteiger partial charge in [-0.05, 0) is 80.9 Å². The molecule has 5 aromatic carbocycles. The summed E-state index contributed by atoms with van der Waals surface area (Å²) in [6.07, 6.45) is 8.41. The summed E-state index contributed by atoms with van der Waals surface area (Å²) in [5, 5.41) is 18.7. The van der Waals surface area contributed by atoms with Gasteiger partial charge >= 0.3 is 16.8 Å². The van der Waals surface area contributed by atoms with Crippen LogP contribution in [0.1, 0.15) is 22.8 Å². The number of fused-ring (bicyclic) bond motifs is 8. The number of nitro benzene ring substituents is 1. The van der Waals surface area contributed by atoms with Gasteiger partial charge in [-0.1, -0.05) is 146 Å². The van der Waals surface area contributed by atoms with E-state index in [1.165, 1.54) is 0 Å². The van der Waals surface area contributed by atoms with Crippen LogP contribution in [0.25, 0.3) is 96.0 Å². The van der Waals surface area contributed by atoms with Crippen LogP contribution in [0, 0.1) is 10.1 Å². The minimum absolute atomic E-state index is 0. The van der Waals surface area contributed by atoms with Crippen molar-refractivity contribution >= 4 is 62.1 Å². The van der Waals surface area contributed by atoms with E-state index in [1.807, 2.05) is 24.3 Å². The van der Waals surface area contributed by atoms with E-state index in [4.69, 9.17) is 25.1 Å². The van der Waals surface area contributed by atoms with Gasteiger partial charge in [-0.25, -0.2) is 18.4 Å². The summed E-state index contributed by atoms with van der Waals surface area (Å²) < 4.78 is 21.0. The van der Waals surface area contributed by atoms with Crippen LogP contribution in [0.4, 0.5) is 5.69 Å². The molecular weight excluding hydrogens is 840 g/mol. The Kier molecular flexibility index (Phi) is 11.7. The number of nitro groups is 1. The quantitative estimate of drug-likeness (QED) is 0.118. The molecule has 62 heavy (non-hydrogen) atoms. The average molecular weight is 872 g/mol. The van der Waals surface area contributed by atoms with E-state index in [1.54, 1.807) is 0 Å². The van der Waals surface area contributed by atoms with Crippen LogP contribution in [0.5, 0.6) is 0 Å². The minimum Gasteiger partial charge on any atom is -0.678 e. The molecule has 5 heterocycles. The smallest absolute Gasteiger partial charge is 0.678 e. The molecule has 0 spiro atoms. The normalized spacial score (nSPS) is 11.6. The SMILES string of the molecule is C1=Cc2nc1c(-c1ccccc1)c1ccc([n-]1)c(-c1ccccc1)c1nc(c(-c3ccccc3)c3ccc([n-]3)c2-c2ccccc2)C=C1.[Co+3].[N-]S(=O)(=O)c1ccc([N+](=O)[O-])cc1. The van der Waals surface area contributed by atoms with E-state index in [9.17, 15) is 18.5 Å². The molecule has 301 valence electrons. The number of non-ortho nitro benzene ring substituents is 1. The fourth-order valence-electron chi connectivity index (χ4n) is 7.43. The molecule has 8 aromatic rings. The molecular formula is C50H32CoN6O4S. The number of hydrogen-bond acceptors (Lipinski definition) is 6. The summed E-state index contributed by atoms with van der Waals surface area (Å²) >= 11 is 0. The van der Waals surface area contributed by atoms with Gasteiger partial charge in [0, 0.05) is 17.0 Å². The van der Waals surface area contributed by atoms with Gasteiger partial charge in [0.05, 0.1) is 37.7 Å². The maximum Gasteiger partial charge on any atom is 3.00 e. The molecule has 10 rings (SSSR count). The van der Waals surface area contributed by atoms with Crippen LogP contribution in [-0.2, 0) is 26.8 Å². The van der Waals surface area contributed by atoms with E-state index < -0.39 is 14.9 Å². The van der Waals surface area contributed by atoms with Crippen molar-refractivity contribution in [3.8, 4) is 44.5 Å². The first kappa shape index (κ1) is 41.3. The maximum absolute atomic E-state index is 10.5. The first-order chi connectivity index (χ1) is 29.7. The van der Waals surface area contributed by atoms with Crippen LogP contribution in [-0.4, -0.2) is 23.3 Å². The predicted molar refractivity (Wildman–Crippen MR) is 242 cm³/mol. The van der Waals surface area contributed by atoms with Gasteiger partial charge < -0.3 is 15.1 Å². The number of benzene rings is 5. The number of hydrogen-bond donors (Lipinski definition) is 0. The number of aromatic nitrogens is 4. The van der Waals surface area contributed by atoms with E-state index in [0.29, 0.717) is 0 Å². The average Bonchev–Trinajstić information content (AvgIpc) is 4.14. The van der Waals surface area contributed by atoms with Crippen molar-refractivity contribution in [1.82, 2.24) is 19.9 Å². The van der Waals surface area contributed by atoms with Crippen molar-refractivity contribution in [1.29, 1.82) is 0 Å². The number of sulfonamides is 1. The Bertz CT molecular complexity index is 2930. The molecule has 0 unspecified atom stereocenters. The summed E-state index contributed by atoms with van der Waals surface area (Å²) in [4.78, 5) is 30.4. The molecule has 10 nitrogen and oxygen atoms in total. The van der Waals surface area contributed by atoms with Crippen molar-refractivity contribution in [2.75, 3.05) is 0 Å². The molecule has 2 aliphatic heterocycles. The Labute approximate surface area is 367 Å². The Hall–Kier alpha value is -7.48. The molecule has 0 atom stereocenters. The first-order valence-corrected chi connectivity index (χ1v) is 20.6. The third kappa shape index (κ3) is 8.44. The summed E-state index contributed by atoms with van der Waals surface area (Å²) in [5.41, 5.74) is 14.8. The second-order valence-corrected chi connectivity index (χ2v) is 15.5. The zero-order valence-corrected chi connectivity index (χ0v) is 34.4. The Morgan fingerprint density at radius 1 is 0.435 bits per heavy atom. The van der Waals surface area contributed by atoms with Crippen LogP contribution >= 0.6 is 0 Å². The predicted octanol–water partition coefficient (Wildman–Crippen LogP) is 11.7. The molecule has 0 fully saturated rings. The molecule has 12 heteroatoms. The second kappa shape index (κ2) is 17.6. The summed E-state index contributed by atoms with van der Waals surface area (Å²) in [6.45, 7) is 0. The molecule has 0 saturated heterocycles. The van der Waals surface area contributed by atoms with Crippen LogP contribution in [0.2, 0.25) is 0 Å². The van der Waals surface area contributed by atoms with Crippen molar-refractivity contribution < 1.29 is 30.1 Å². The van der Waals surface area contributed by atoms with Gasteiger partial charge in [0.15, 0.2) is 0 Å². The Morgan fingerprint density at radius 2 is 0.710 bits per heavy atom. The molecule has 0 saturated carbocycles. The largest absolute Gasteiger partial charge is 3.00 e. The zero-order valence-electron chi connectivity index (χ0n) is 32.5. The number of nitrogens with zero attached hydrogens (tertiary/aromatic N) is 6. The molecule has 8 bridgehead atoms. The van der Waals surface area contributed by atoms with Crippen LogP contribution < -0.4 is 9.97 Å². The molecule has 1 radical (unpaired) electrons. The van der Waals surface area contributed by atoms with Gasteiger partial charge in [0.2, 0.25) is 0 Å². The summed E-state index contributed by atoms with van der Waals surface area (Å²) in [5.74, 6) is 0.